The van der Waals surface area contributed by atoms with E-state index >= 15 is 0 Å². The molecule has 0 saturated carbocycles. The highest BCUT2D eigenvalue weighted by atomic mass is 16.1. The molecule has 1 fully saturated rings. The lowest BCUT2D eigenvalue weighted by atomic mass is 10.00. The first kappa shape index (κ1) is 18.5. The molecule has 0 aliphatic carbocycles. The van der Waals surface area contributed by atoms with E-state index in [2.05, 4.69) is 20.1 Å². The molecule has 1 aliphatic heterocycles. The van der Waals surface area contributed by atoms with Crippen molar-refractivity contribution < 1.29 is 0 Å². The topological polar surface area (TPSA) is 81.7 Å². The van der Waals surface area contributed by atoms with E-state index in [1.165, 1.54) is 0 Å². The molecule has 8 heteroatoms. The molecule has 30 heavy (non-hydrogen) atoms. The molecule has 8 nitrogen and oxygen atoms in total. The Balaban J connectivity index is 1.33. The summed E-state index contributed by atoms with van der Waals surface area (Å²) in [7, 11) is 0. The summed E-state index contributed by atoms with van der Waals surface area (Å²) in [5, 5.41) is 9.02. The van der Waals surface area contributed by atoms with Crippen molar-refractivity contribution in [1.29, 1.82) is 0 Å². The predicted molar refractivity (Wildman–Crippen MR) is 115 cm³/mol. The van der Waals surface area contributed by atoms with Gasteiger partial charge in [-0.1, -0.05) is 12.1 Å². The third-order valence-corrected chi connectivity index (χ3v) is 5.49. The number of para-hydroxylation sites is 2. The van der Waals surface area contributed by atoms with Crippen LogP contribution in [0.3, 0.4) is 0 Å². The number of hydrogen-bond donors (Lipinski definition) is 0. The van der Waals surface area contributed by atoms with Crippen LogP contribution in [-0.2, 0) is 6.54 Å². The minimum absolute atomic E-state index is 0.0968. The quantitative estimate of drug-likeness (QED) is 0.522. The summed E-state index contributed by atoms with van der Waals surface area (Å²) in [5.74, 6) is 1.91. The van der Waals surface area contributed by atoms with Crippen LogP contribution in [-0.4, -0.2) is 42.6 Å². The summed E-state index contributed by atoms with van der Waals surface area (Å²) in [4.78, 5) is 24.0. The summed E-state index contributed by atoms with van der Waals surface area (Å²) < 4.78 is 3.32. The lowest BCUT2D eigenvalue weighted by molar-refractivity contribution is 0.331. The molecule has 4 aromatic rings. The molecule has 3 aromatic heterocycles. The van der Waals surface area contributed by atoms with Crippen molar-refractivity contribution in [2.24, 2.45) is 5.92 Å². The van der Waals surface area contributed by atoms with E-state index in [9.17, 15) is 4.79 Å². The first-order chi connectivity index (χ1) is 14.5. The Kier molecular flexibility index (Phi) is 4.34. The second-order valence-electron chi connectivity index (χ2n) is 7.94. The second-order valence-corrected chi connectivity index (χ2v) is 7.94. The highest BCUT2D eigenvalue weighted by Crippen LogP contribution is 2.27. The van der Waals surface area contributed by atoms with Crippen LogP contribution in [0.25, 0.3) is 16.9 Å². The maximum atomic E-state index is 12.4. The Morgan fingerprint density at radius 2 is 1.70 bits per heavy atom. The van der Waals surface area contributed by atoms with Gasteiger partial charge in [0.25, 0.3) is 5.56 Å². The third-order valence-electron chi connectivity index (χ3n) is 5.49. The molecule has 0 spiro atoms. The van der Waals surface area contributed by atoms with Crippen molar-refractivity contribution in [2.45, 2.75) is 27.3 Å². The zero-order valence-corrected chi connectivity index (χ0v) is 17.3. The minimum atomic E-state index is -0.0968. The van der Waals surface area contributed by atoms with Gasteiger partial charge in [0, 0.05) is 30.8 Å². The molecule has 0 amide bonds. The molecular weight excluding hydrogens is 378 g/mol. The lowest BCUT2D eigenvalue weighted by Crippen LogP contribution is -2.50. The van der Waals surface area contributed by atoms with E-state index in [1.807, 2.05) is 51.1 Å². The van der Waals surface area contributed by atoms with E-state index in [-0.39, 0.29) is 5.56 Å². The van der Waals surface area contributed by atoms with Gasteiger partial charge in [0.15, 0.2) is 11.6 Å². The Bertz CT molecular complexity index is 1300. The molecule has 5 rings (SSSR count). The van der Waals surface area contributed by atoms with Crippen LogP contribution in [0, 0.1) is 26.7 Å². The fourth-order valence-electron chi connectivity index (χ4n) is 4.02. The van der Waals surface area contributed by atoms with Crippen LogP contribution in [0.15, 0.2) is 47.3 Å². The number of anilines is 1. The largest absolute Gasteiger partial charge is 0.354 e. The summed E-state index contributed by atoms with van der Waals surface area (Å²) in [5.41, 5.74) is 4.55. The van der Waals surface area contributed by atoms with Gasteiger partial charge in [0.2, 0.25) is 0 Å². The predicted octanol–water partition coefficient (Wildman–Crippen LogP) is 2.43. The van der Waals surface area contributed by atoms with Gasteiger partial charge in [-0.3, -0.25) is 4.79 Å². The van der Waals surface area contributed by atoms with Gasteiger partial charge in [0.05, 0.1) is 29.0 Å². The molecule has 0 unspecified atom stereocenters. The number of rotatable bonds is 4. The standard InChI is InChI=1S/C22H23N7O/c1-14-10-15(2)29(25-14)20-8-9-21(30)28(26-20)13-17-11-27(12-17)22-16(3)23-18-6-4-5-7-19(18)24-22/h4-10,17H,11-13H2,1-3H3. The molecule has 0 radical (unpaired) electrons. The SMILES string of the molecule is Cc1cc(C)n(-c2ccc(=O)n(CC3CN(c4nc5ccccc5nc4C)C3)n2)n1. The van der Waals surface area contributed by atoms with Crippen molar-refractivity contribution in [3.8, 4) is 5.82 Å². The number of benzene rings is 1. The number of hydrogen-bond acceptors (Lipinski definition) is 6. The van der Waals surface area contributed by atoms with E-state index in [0.29, 0.717) is 18.3 Å². The van der Waals surface area contributed by atoms with Gasteiger partial charge in [0.1, 0.15) is 0 Å². The maximum absolute atomic E-state index is 12.4. The van der Waals surface area contributed by atoms with Crippen molar-refractivity contribution in [1.82, 2.24) is 29.5 Å². The fourth-order valence-corrected chi connectivity index (χ4v) is 4.02. The first-order valence-electron chi connectivity index (χ1n) is 10.1. The van der Waals surface area contributed by atoms with E-state index in [0.717, 1.165) is 47.0 Å². The van der Waals surface area contributed by atoms with Crippen LogP contribution in [0.1, 0.15) is 17.1 Å². The Labute approximate surface area is 173 Å². The van der Waals surface area contributed by atoms with Crippen LogP contribution >= 0.6 is 0 Å². The maximum Gasteiger partial charge on any atom is 0.266 e. The van der Waals surface area contributed by atoms with Crippen LogP contribution < -0.4 is 10.5 Å². The van der Waals surface area contributed by atoms with Gasteiger partial charge >= 0.3 is 0 Å². The average molecular weight is 401 g/mol. The van der Waals surface area contributed by atoms with Crippen molar-refractivity contribution in [3.05, 3.63) is 69.9 Å². The molecule has 0 N–H and O–H groups in total. The molecule has 0 atom stereocenters. The summed E-state index contributed by atoms with van der Waals surface area (Å²) in [6, 6.07) is 13.2. The number of fused-ring (bicyclic) bond motifs is 1. The highest BCUT2D eigenvalue weighted by molar-refractivity contribution is 5.76. The van der Waals surface area contributed by atoms with Crippen molar-refractivity contribution in [2.75, 3.05) is 18.0 Å². The van der Waals surface area contributed by atoms with E-state index in [4.69, 9.17) is 4.98 Å². The van der Waals surface area contributed by atoms with Crippen LogP contribution in [0.5, 0.6) is 0 Å². The van der Waals surface area contributed by atoms with Gasteiger partial charge < -0.3 is 4.90 Å². The molecular formula is C22H23N7O. The fraction of sp³-hybridized carbons (Fsp3) is 0.318. The molecule has 1 aliphatic rings. The summed E-state index contributed by atoms with van der Waals surface area (Å²) in [6.45, 7) is 8.14. The lowest BCUT2D eigenvalue weighted by Gasteiger charge is -2.40. The normalized spacial score (nSPS) is 14.3. The number of nitrogens with zero attached hydrogens (tertiary/aromatic N) is 7. The van der Waals surface area contributed by atoms with Crippen molar-refractivity contribution >= 4 is 16.9 Å². The molecule has 1 saturated heterocycles. The first-order valence-corrected chi connectivity index (χ1v) is 10.1. The Morgan fingerprint density at radius 3 is 2.40 bits per heavy atom. The number of aromatic nitrogens is 6. The molecule has 0 bridgehead atoms. The van der Waals surface area contributed by atoms with E-state index < -0.39 is 0 Å². The summed E-state index contributed by atoms with van der Waals surface area (Å²) in [6.07, 6.45) is 0. The smallest absolute Gasteiger partial charge is 0.266 e. The molecule has 4 heterocycles. The third kappa shape index (κ3) is 3.24. The number of aryl methyl sites for hydroxylation is 3. The average Bonchev–Trinajstić information content (AvgIpc) is 3.03. The summed E-state index contributed by atoms with van der Waals surface area (Å²) >= 11 is 0. The highest BCUT2D eigenvalue weighted by Gasteiger charge is 2.30. The van der Waals surface area contributed by atoms with Gasteiger partial charge in [-0.2, -0.15) is 5.10 Å². The van der Waals surface area contributed by atoms with Crippen LogP contribution in [0.2, 0.25) is 0 Å². The molecule has 152 valence electrons. The monoisotopic (exact) mass is 401 g/mol. The van der Waals surface area contributed by atoms with Crippen LogP contribution in [0.4, 0.5) is 5.82 Å². The van der Waals surface area contributed by atoms with Crippen molar-refractivity contribution in [3.63, 3.8) is 0 Å². The van der Waals surface area contributed by atoms with Gasteiger partial charge in [-0.25, -0.2) is 19.3 Å². The zero-order chi connectivity index (χ0) is 20.8. The molecule has 1 aromatic carbocycles. The Hall–Kier alpha value is -3.55. The Morgan fingerprint density at radius 1 is 0.967 bits per heavy atom. The van der Waals surface area contributed by atoms with Gasteiger partial charge in [-0.15, -0.1) is 5.10 Å². The zero-order valence-electron chi connectivity index (χ0n) is 17.3. The van der Waals surface area contributed by atoms with E-state index in [1.54, 1.807) is 21.5 Å². The second kappa shape index (κ2) is 7.05. The van der Waals surface area contributed by atoms with Gasteiger partial charge in [-0.05, 0) is 45.0 Å². The minimum Gasteiger partial charge on any atom is -0.354 e.